The van der Waals surface area contributed by atoms with Crippen molar-refractivity contribution in [3.05, 3.63) is 82.0 Å². The molecule has 0 spiro atoms. The lowest BCUT2D eigenvalue weighted by Crippen LogP contribution is -2.28. The van der Waals surface area contributed by atoms with Gasteiger partial charge in [-0.3, -0.25) is 4.79 Å². The maximum atomic E-state index is 13.3. The molecule has 0 aromatic rings. The molecule has 0 amide bonds. The number of aliphatic hydroxyl groups is 5. The van der Waals surface area contributed by atoms with Gasteiger partial charge in [-0.25, -0.2) is 4.79 Å². The zero-order chi connectivity index (χ0) is 41.1. The van der Waals surface area contributed by atoms with Crippen LogP contribution >= 0.6 is 0 Å². The third-order valence-electron chi connectivity index (χ3n) is 9.75. The summed E-state index contributed by atoms with van der Waals surface area (Å²) in [5.41, 5.74) is 5.34. The maximum absolute atomic E-state index is 13.3. The summed E-state index contributed by atoms with van der Waals surface area (Å²) in [7, 11) is 0. The summed E-state index contributed by atoms with van der Waals surface area (Å²) in [5.74, 6) is -0.620. The molecule has 0 saturated carbocycles. The normalized spacial score (nSPS) is 25.6. The largest absolute Gasteiger partial charge is 0.462 e. The van der Waals surface area contributed by atoms with Crippen molar-refractivity contribution < 1.29 is 44.6 Å². The molecule has 9 nitrogen and oxygen atoms in total. The summed E-state index contributed by atoms with van der Waals surface area (Å²) < 4.78 is 12.1. The van der Waals surface area contributed by atoms with E-state index in [1.54, 1.807) is 32.9 Å². The third kappa shape index (κ3) is 20.6. The maximum Gasteiger partial charge on any atom is 0.334 e. The first kappa shape index (κ1) is 48.9. The number of allylic oxidation sites excluding steroid dienone is 10. The van der Waals surface area contributed by atoms with Crippen molar-refractivity contribution in [1.29, 1.82) is 0 Å². The molecule has 0 aromatic heterocycles. The number of cyclic esters (lactones) is 1. The van der Waals surface area contributed by atoms with E-state index in [0.717, 1.165) is 40.7 Å². The van der Waals surface area contributed by atoms with E-state index < -0.39 is 30.5 Å². The predicted octanol–water partition coefficient (Wildman–Crippen LogP) is 7.93. The van der Waals surface area contributed by atoms with Crippen LogP contribution in [0.1, 0.15) is 128 Å². The van der Waals surface area contributed by atoms with Gasteiger partial charge in [0.15, 0.2) is 0 Å². The second kappa shape index (κ2) is 25.2. The van der Waals surface area contributed by atoms with Crippen molar-refractivity contribution in [1.82, 2.24) is 0 Å². The smallest absolute Gasteiger partial charge is 0.334 e. The molecule has 1 aliphatic rings. The SMILES string of the molecule is C/C1=C/C[C@H]([C@@H](C)C/C(C)=C/[C@@H](C)[C@H](O)C[C@@H](C)O)OC(=O)CCC[C@H](OC(=O)/C(C)=C/C(C)=C/C(C)=C/C=C/C(C)=C/[C@H](O)[C@@H](O)C[C@H](C)O)[C@@H](C)C1. The minimum atomic E-state index is -1.07. The number of ether oxygens (including phenoxy) is 2. The van der Waals surface area contributed by atoms with E-state index in [-0.39, 0.29) is 54.7 Å². The van der Waals surface area contributed by atoms with Crippen molar-refractivity contribution in [3.63, 3.8) is 0 Å². The molecule has 1 heterocycles. The Kier molecular flexibility index (Phi) is 22.8. The molecule has 0 unspecified atom stereocenters. The van der Waals surface area contributed by atoms with E-state index in [4.69, 9.17) is 9.47 Å². The molecule has 10 atom stereocenters. The summed E-state index contributed by atoms with van der Waals surface area (Å²) in [5, 5.41) is 49.5. The van der Waals surface area contributed by atoms with Gasteiger partial charge < -0.3 is 35.0 Å². The van der Waals surface area contributed by atoms with E-state index in [2.05, 4.69) is 26.8 Å². The van der Waals surface area contributed by atoms with Crippen LogP contribution in [-0.2, 0) is 19.1 Å². The number of carbonyl (C=O) groups excluding carboxylic acids is 2. The molecule has 306 valence electrons. The zero-order valence-electron chi connectivity index (χ0n) is 34.9. The Morgan fingerprint density at radius 1 is 0.907 bits per heavy atom. The lowest BCUT2D eigenvalue weighted by Gasteiger charge is -2.27. The van der Waals surface area contributed by atoms with Crippen molar-refractivity contribution in [3.8, 4) is 0 Å². The van der Waals surface area contributed by atoms with Gasteiger partial charge in [-0.2, -0.15) is 0 Å². The summed E-state index contributed by atoms with van der Waals surface area (Å²) in [6.07, 6.45) is 14.2. The fourth-order valence-electron chi connectivity index (χ4n) is 6.76. The molecule has 0 saturated heterocycles. The van der Waals surface area contributed by atoms with Crippen LogP contribution in [-0.4, -0.2) is 80.2 Å². The summed E-state index contributed by atoms with van der Waals surface area (Å²) in [4.78, 5) is 26.3. The molecule has 0 aliphatic carbocycles. The Morgan fingerprint density at radius 3 is 2.17 bits per heavy atom. The summed E-state index contributed by atoms with van der Waals surface area (Å²) >= 11 is 0. The number of esters is 2. The number of hydrogen-bond acceptors (Lipinski definition) is 9. The van der Waals surface area contributed by atoms with Gasteiger partial charge in [0.1, 0.15) is 12.2 Å². The third-order valence-corrected chi connectivity index (χ3v) is 9.75. The second-order valence-electron chi connectivity index (χ2n) is 16.1. The molecule has 5 N–H and O–H groups in total. The van der Waals surface area contributed by atoms with E-state index in [1.165, 1.54) is 0 Å². The lowest BCUT2D eigenvalue weighted by atomic mass is 9.89. The van der Waals surface area contributed by atoms with Gasteiger partial charge in [0.05, 0.1) is 30.5 Å². The van der Waals surface area contributed by atoms with E-state index in [9.17, 15) is 35.1 Å². The fraction of sp³-hybridized carbons (Fsp3) is 0.644. The predicted molar refractivity (Wildman–Crippen MR) is 217 cm³/mol. The van der Waals surface area contributed by atoms with Crippen molar-refractivity contribution >= 4 is 11.9 Å². The molecule has 1 rings (SSSR count). The first-order valence-electron chi connectivity index (χ1n) is 19.7. The quantitative estimate of drug-likeness (QED) is 0.0431. The highest BCUT2D eigenvalue weighted by molar-refractivity contribution is 5.88. The average Bonchev–Trinajstić information content (AvgIpc) is 3.04. The Balaban J connectivity index is 2.94. The van der Waals surface area contributed by atoms with Gasteiger partial charge in [0.2, 0.25) is 0 Å². The first-order valence-corrected chi connectivity index (χ1v) is 19.7. The summed E-state index contributed by atoms with van der Waals surface area (Å²) in [6.45, 7) is 20.9. The molecule has 1 aliphatic heterocycles. The van der Waals surface area contributed by atoms with Gasteiger partial charge in [-0.15, -0.1) is 0 Å². The topological polar surface area (TPSA) is 154 Å². The Morgan fingerprint density at radius 2 is 1.54 bits per heavy atom. The Labute approximate surface area is 325 Å². The van der Waals surface area contributed by atoms with Crippen molar-refractivity contribution in [2.75, 3.05) is 0 Å². The molecule has 54 heavy (non-hydrogen) atoms. The van der Waals surface area contributed by atoms with E-state index in [1.807, 2.05) is 65.0 Å². The van der Waals surface area contributed by atoms with Crippen molar-refractivity contribution in [2.24, 2.45) is 17.8 Å². The highest BCUT2D eigenvalue weighted by Gasteiger charge is 2.26. The molecule has 0 bridgehead atoms. The molecular formula is C45H72O9. The fourth-order valence-corrected chi connectivity index (χ4v) is 6.76. The molecule has 0 aromatic carbocycles. The lowest BCUT2D eigenvalue weighted by molar-refractivity contribution is -0.152. The highest BCUT2D eigenvalue weighted by Crippen LogP contribution is 2.28. The number of rotatable bonds is 17. The summed E-state index contributed by atoms with van der Waals surface area (Å²) in [6, 6.07) is 0. The van der Waals surface area contributed by atoms with Gasteiger partial charge >= 0.3 is 11.9 Å². The number of hydrogen-bond donors (Lipinski definition) is 5. The monoisotopic (exact) mass is 757 g/mol. The number of aliphatic hydroxyl groups excluding tert-OH is 5. The van der Waals surface area contributed by atoms with Crippen LogP contribution in [0.25, 0.3) is 0 Å². The highest BCUT2D eigenvalue weighted by atomic mass is 16.5. The molecular weight excluding hydrogens is 684 g/mol. The average molecular weight is 757 g/mol. The number of carbonyl (C=O) groups is 2. The minimum Gasteiger partial charge on any atom is -0.462 e. The van der Waals surface area contributed by atoms with Crippen LogP contribution in [0.2, 0.25) is 0 Å². The van der Waals surface area contributed by atoms with Crippen LogP contribution in [0.3, 0.4) is 0 Å². The first-order chi connectivity index (χ1) is 25.2. The van der Waals surface area contributed by atoms with Gasteiger partial charge in [-0.1, -0.05) is 91.2 Å². The molecule has 9 heteroatoms. The Bertz CT molecular complexity index is 1390. The van der Waals surface area contributed by atoms with Crippen LogP contribution in [0.5, 0.6) is 0 Å². The van der Waals surface area contributed by atoms with Crippen LogP contribution in [0.4, 0.5) is 0 Å². The second-order valence-corrected chi connectivity index (χ2v) is 16.1. The zero-order valence-corrected chi connectivity index (χ0v) is 34.9. The van der Waals surface area contributed by atoms with Crippen LogP contribution < -0.4 is 0 Å². The van der Waals surface area contributed by atoms with E-state index >= 15 is 0 Å². The van der Waals surface area contributed by atoms with E-state index in [0.29, 0.717) is 31.3 Å². The van der Waals surface area contributed by atoms with Gasteiger partial charge in [-0.05, 0) is 105 Å². The minimum absolute atomic E-state index is 0.0535. The standard InChI is InChI=1S/C45H72O9/c1-28(14-12-15-29(2)25-40(49)41(50)27-38(11)47)20-31(4)24-36(9)45(52)54-42-16-13-17-44(51)53-43(19-18-30(3)21-34(42)7)35(8)23-32(5)22-33(6)39(48)26-37(10)46/h12,14-15,18,20,22,24-25,33-35,37-43,46-50H,13,16-17,19,21,23,26-27H2,1-11H3/b15-12+,28-14+,29-25+,30-18-,31-20+,32-22+,36-24+/t33-,34+,35+,37-,38+,39-,40+,41+,42+,43-/m1/s1. The van der Waals surface area contributed by atoms with Crippen molar-refractivity contribution in [2.45, 2.75) is 170 Å². The van der Waals surface area contributed by atoms with Crippen LogP contribution in [0.15, 0.2) is 82.0 Å². The molecule has 0 radical (unpaired) electrons. The molecule has 0 fully saturated rings. The van der Waals surface area contributed by atoms with Gasteiger partial charge in [0, 0.05) is 30.8 Å². The Hall–Kier alpha value is -3.08. The van der Waals surface area contributed by atoms with Crippen LogP contribution in [0, 0.1) is 17.8 Å². The van der Waals surface area contributed by atoms with Gasteiger partial charge in [0.25, 0.3) is 0 Å².